The second-order valence-corrected chi connectivity index (χ2v) is 7.53. The number of hydrogen-bond acceptors (Lipinski definition) is 2. The van der Waals surface area contributed by atoms with Crippen molar-refractivity contribution in [1.29, 1.82) is 0 Å². The maximum absolute atomic E-state index is 11.4. The molecule has 3 heteroatoms. The highest BCUT2D eigenvalue weighted by Crippen LogP contribution is 2.58. The van der Waals surface area contributed by atoms with Crippen LogP contribution in [-0.2, 0) is 6.42 Å². The number of amides is 1. The summed E-state index contributed by atoms with van der Waals surface area (Å²) in [6.45, 7) is 2.40. The van der Waals surface area contributed by atoms with Crippen LogP contribution in [0.2, 0.25) is 0 Å². The number of allylic oxidation sites excluding steroid dienone is 2. The number of hydrogen-bond donors (Lipinski definition) is 2. The lowest BCUT2D eigenvalue weighted by Crippen LogP contribution is -2.39. The number of fused-ring (bicyclic) bond motifs is 5. The van der Waals surface area contributed by atoms with Gasteiger partial charge in [-0.05, 0) is 78.5 Å². The van der Waals surface area contributed by atoms with Crippen LogP contribution in [0.15, 0.2) is 24.3 Å². The number of rotatable bonds is 1. The number of benzene rings is 1. The number of nitrogens with two attached hydrogens (primary N) is 1. The molecule has 4 atom stereocenters. The van der Waals surface area contributed by atoms with E-state index in [1.165, 1.54) is 36.8 Å². The molecule has 3 N–H and O–H groups in total. The summed E-state index contributed by atoms with van der Waals surface area (Å²) in [6, 6.07) is 3.64. The highest BCUT2D eigenvalue weighted by atomic mass is 16.3. The van der Waals surface area contributed by atoms with Gasteiger partial charge in [0.1, 0.15) is 5.75 Å². The highest BCUT2D eigenvalue weighted by molar-refractivity contribution is 5.95. The first-order valence-electron chi connectivity index (χ1n) is 8.33. The van der Waals surface area contributed by atoms with Crippen LogP contribution in [0.3, 0.4) is 0 Å². The summed E-state index contributed by atoms with van der Waals surface area (Å²) in [4.78, 5) is 11.4. The number of phenols is 1. The van der Waals surface area contributed by atoms with E-state index >= 15 is 0 Å². The number of aromatic hydroxyl groups is 1. The van der Waals surface area contributed by atoms with Gasteiger partial charge >= 0.3 is 0 Å². The van der Waals surface area contributed by atoms with E-state index < -0.39 is 5.91 Å². The molecule has 116 valence electrons. The average Bonchev–Trinajstić information content (AvgIpc) is 2.88. The Kier molecular flexibility index (Phi) is 2.91. The van der Waals surface area contributed by atoms with Gasteiger partial charge < -0.3 is 10.8 Å². The standard InChI is InChI=1S/C19H23NO2/c1-19-7-2-3-16(19)13-5-4-11-9-15(18(20)22)17(21)10-14(11)12(13)6-8-19/h2,7,9-10,12-13,16,21H,3-6,8H2,1H3,(H2,20,22)/t12?,13?,16?,19-/m0/s1. The van der Waals surface area contributed by atoms with Gasteiger partial charge in [-0.15, -0.1) is 0 Å². The molecule has 0 saturated heterocycles. The third-order valence-corrected chi connectivity index (χ3v) is 6.43. The molecule has 3 nitrogen and oxygen atoms in total. The van der Waals surface area contributed by atoms with Crippen LogP contribution in [-0.4, -0.2) is 11.0 Å². The molecular weight excluding hydrogens is 274 g/mol. The lowest BCUT2D eigenvalue weighted by Gasteiger charge is -2.49. The summed E-state index contributed by atoms with van der Waals surface area (Å²) in [5, 5.41) is 10.2. The molecule has 1 aromatic rings. The second kappa shape index (κ2) is 4.61. The minimum atomic E-state index is -0.543. The zero-order chi connectivity index (χ0) is 15.5. The van der Waals surface area contributed by atoms with Gasteiger partial charge in [0.15, 0.2) is 0 Å². The number of aryl methyl sites for hydroxylation is 1. The van der Waals surface area contributed by atoms with Gasteiger partial charge in [0.05, 0.1) is 5.56 Å². The van der Waals surface area contributed by atoms with Crippen molar-refractivity contribution in [3.63, 3.8) is 0 Å². The molecule has 0 spiro atoms. The van der Waals surface area contributed by atoms with Gasteiger partial charge in [-0.2, -0.15) is 0 Å². The van der Waals surface area contributed by atoms with Crippen molar-refractivity contribution in [1.82, 2.24) is 0 Å². The van der Waals surface area contributed by atoms with Crippen LogP contribution in [0.25, 0.3) is 0 Å². The van der Waals surface area contributed by atoms with Crippen LogP contribution in [0.5, 0.6) is 5.75 Å². The third-order valence-electron chi connectivity index (χ3n) is 6.43. The molecule has 4 rings (SSSR count). The molecule has 1 fully saturated rings. The van der Waals surface area contributed by atoms with Gasteiger partial charge in [0.25, 0.3) is 5.91 Å². The van der Waals surface area contributed by atoms with E-state index in [0.717, 1.165) is 12.3 Å². The zero-order valence-corrected chi connectivity index (χ0v) is 13.0. The van der Waals surface area contributed by atoms with E-state index in [0.29, 0.717) is 17.3 Å². The van der Waals surface area contributed by atoms with Crippen LogP contribution in [0.1, 0.15) is 60.0 Å². The molecule has 3 unspecified atom stereocenters. The molecule has 1 amide bonds. The van der Waals surface area contributed by atoms with E-state index in [9.17, 15) is 9.90 Å². The van der Waals surface area contributed by atoms with Crippen molar-refractivity contribution in [2.24, 2.45) is 23.0 Å². The zero-order valence-electron chi connectivity index (χ0n) is 13.0. The first-order valence-corrected chi connectivity index (χ1v) is 8.33. The first kappa shape index (κ1) is 13.9. The molecule has 3 aliphatic carbocycles. The fraction of sp³-hybridized carbons (Fsp3) is 0.526. The molecule has 3 aliphatic rings. The lowest BCUT2D eigenvalue weighted by atomic mass is 9.55. The Balaban J connectivity index is 1.74. The van der Waals surface area contributed by atoms with E-state index in [4.69, 9.17) is 5.73 Å². The Morgan fingerprint density at radius 1 is 1.36 bits per heavy atom. The van der Waals surface area contributed by atoms with E-state index in [2.05, 4.69) is 19.1 Å². The Morgan fingerprint density at radius 2 is 2.18 bits per heavy atom. The van der Waals surface area contributed by atoms with Crippen LogP contribution < -0.4 is 5.73 Å². The minimum Gasteiger partial charge on any atom is -0.507 e. The molecule has 0 aliphatic heterocycles. The van der Waals surface area contributed by atoms with E-state index in [-0.39, 0.29) is 11.3 Å². The smallest absolute Gasteiger partial charge is 0.252 e. The van der Waals surface area contributed by atoms with Crippen LogP contribution in [0, 0.1) is 17.3 Å². The Bertz CT molecular complexity index is 678. The molecule has 0 bridgehead atoms. The van der Waals surface area contributed by atoms with Gasteiger partial charge in [-0.1, -0.05) is 19.1 Å². The van der Waals surface area contributed by atoms with Crippen molar-refractivity contribution in [2.75, 3.05) is 0 Å². The molecule has 0 aromatic heterocycles. The van der Waals surface area contributed by atoms with E-state index in [1.54, 1.807) is 0 Å². The number of primary amides is 1. The first-order chi connectivity index (χ1) is 10.5. The van der Waals surface area contributed by atoms with Gasteiger partial charge in [0.2, 0.25) is 0 Å². The van der Waals surface area contributed by atoms with Crippen molar-refractivity contribution in [2.45, 2.75) is 44.9 Å². The normalized spacial score (nSPS) is 35.6. The summed E-state index contributed by atoms with van der Waals surface area (Å²) in [5.74, 6) is 1.45. The summed E-state index contributed by atoms with van der Waals surface area (Å²) < 4.78 is 0. The second-order valence-electron chi connectivity index (χ2n) is 7.53. The summed E-state index contributed by atoms with van der Waals surface area (Å²) >= 11 is 0. The molecule has 0 radical (unpaired) electrons. The maximum atomic E-state index is 11.4. The molecule has 1 saturated carbocycles. The highest BCUT2D eigenvalue weighted by Gasteiger charge is 2.48. The Hall–Kier alpha value is -1.77. The van der Waals surface area contributed by atoms with Gasteiger partial charge in [-0.3, -0.25) is 4.79 Å². The number of carbonyl (C=O) groups excluding carboxylic acids is 1. The fourth-order valence-electron chi connectivity index (χ4n) is 5.29. The minimum absolute atomic E-state index is 0.0461. The monoisotopic (exact) mass is 297 g/mol. The summed E-state index contributed by atoms with van der Waals surface area (Å²) in [5.41, 5.74) is 8.46. The van der Waals surface area contributed by atoms with Crippen molar-refractivity contribution < 1.29 is 9.90 Å². The van der Waals surface area contributed by atoms with Crippen molar-refractivity contribution >= 4 is 5.91 Å². The van der Waals surface area contributed by atoms with Crippen molar-refractivity contribution in [3.05, 3.63) is 41.0 Å². The van der Waals surface area contributed by atoms with Crippen molar-refractivity contribution in [3.8, 4) is 5.75 Å². The third kappa shape index (κ3) is 1.84. The quantitative estimate of drug-likeness (QED) is 0.779. The summed E-state index contributed by atoms with van der Waals surface area (Å²) in [7, 11) is 0. The SMILES string of the molecule is C[C@@]12C=CCC1C1CCc3cc(C(N)=O)c(O)cc3C1CC2. The molecular formula is C19H23NO2. The van der Waals surface area contributed by atoms with Crippen LogP contribution in [0.4, 0.5) is 0 Å². The largest absolute Gasteiger partial charge is 0.507 e. The van der Waals surface area contributed by atoms with Crippen LogP contribution >= 0.6 is 0 Å². The predicted molar refractivity (Wildman–Crippen MR) is 85.8 cm³/mol. The predicted octanol–water partition coefficient (Wildman–Crippen LogP) is 3.51. The molecule has 0 heterocycles. The van der Waals surface area contributed by atoms with Gasteiger partial charge in [-0.25, -0.2) is 0 Å². The Morgan fingerprint density at radius 3 is 2.95 bits per heavy atom. The molecule has 22 heavy (non-hydrogen) atoms. The lowest BCUT2D eigenvalue weighted by molar-refractivity contribution is 0.0825. The maximum Gasteiger partial charge on any atom is 0.252 e. The van der Waals surface area contributed by atoms with E-state index in [1.807, 2.05) is 12.1 Å². The average molecular weight is 297 g/mol. The number of carbonyl (C=O) groups is 1. The van der Waals surface area contributed by atoms with Gasteiger partial charge in [0, 0.05) is 0 Å². The topological polar surface area (TPSA) is 63.3 Å². The summed E-state index contributed by atoms with van der Waals surface area (Å²) in [6.07, 6.45) is 10.5. The fourth-order valence-corrected chi connectivity index (χ4v) is 5.29. The Labute approximate surface area is 131 Å². The molecule has 1 aromatic carbocycles.